The molecular weight excluding hydrogens is 168 g/mol. The number of rotatable bonds is 0. The van der Waals surface area contributed by atoms with Crippen LogP contribution in [0.15, 0.2) is 12.2 Å². The highest BCUT2D eigenvalue weighted by Gasteiger charge is 2.52. The van der Waals surface area contributed by atoms with Gasteiger partial charge in [0.25, 0.3) is 0 Å². The first-order valence-electron chi connectivity index (χ1n) is 7.45. The molecule has 0 aromatic carbocycles. The molecule has 6 rings (SSSR count). The number of hydrogen-bond acceptors (Lipinski definition) is 0. The van der Waals surface area contributed by atoms with Gasteiger partial charge in [-0.2, -0.15) is 0 Å². The van der Waals surface area contributed by atoms with Gasteiger partial charge in [0.05, 0.1) is 0 Å². The molecule has 6 aliphatic rings. The van der Waals surface area contributed by atoms with E-state index in [0.717, 1.165) is 23.7 Å². The van der Waals surface area contributed by atoms with Gasteiger partial charge < -0.3 is 0 Å². The first kappa shape index (κ1) is 6.35. The number of allylic oxidation sites excluding steroid dienone is 2. The fourth-order valence-electron chi connectivity index (χ4n) is 4.79. The lowest BCUT2D eigenvalue weighted by Crippen LogP contribution is -2.50. The largest absolute Gasteiger partial charge is 0.0848 e. The van der Waals surface area contributed by atoms with Crippen molar-refractivity contribution in [2.75, 3.05) is 0 Å². The smallest absolute Gasteiger partial charge is 0.0270 e. The Hall–Kier alpha value is -0.260. The summed E-state index contributed by atoms with van der Waals surface area (Å²) in [6, 6.07) is 0. The van der Waals surface area contributed by atoms with Crippen molar-refractivity contribution in [2.45, 2.75) is 38.5 Å². The minimum Gasteiger partial charge on any atom is -0.0848 e. The van der Waals surface area contributed by atoms with Crippen LogP contribution in [0, 0.1) is 35.5 Å². The Kier molecular flexibility index (Phi) is 1.20. The molecule has 0 heterocycles. The monoisotopic (exact) mass is 190 g/mol. The zero-order valence-corrected chi connectivity index (χ0v) is 8.60. The highest BCUT2D eigenvalue weighted by molar-refractivity contribution is 5.14. The van der Waals surface area contributed by atoms with E-state index < -0.39 is 0 Å². The minimum absolute atomic E-state index is 0.0762. The van der Waals surface area contributed by atoms with Crippen molar-refractivity contribution in [1.82, 2.24) is 0 Å². The summed E-state index contributed by atoms with van der Waals surface area (Å²) in [4.78, 5) is 0. The molecular formula is C14H20. The van der Waals surface area contributed by atoms with Gasteiger partial charge in [0, 0.05) is 2.74 Å². The van der Waals surface area contributed by atoms with Crippen molar-refractivity contribution in [3.05, 3.63) is 12.2 Å². The van der Waals surface area contributed by atoms with Crippen LogP contribution in [0.25, 0.3) is 0 Å². The maximum Gasteiger partial charge on any atom is 0.0270 e. The molecule has 0 amide bonds. The summed E-state index contributed by atoms with van der Waals surface area (Å²) in [7, 11) is 0. The molecule has 76 valence electrons. The Labute approximate surface area is 89.6 Å². The summed E-state index contributed by atoms with van der Waals surface area (Å²) in [6.45, 7) is 0. The van der Waals surface area contributed by atoms with Crippen molar-refractivity contribution in [3.8, 4) is 0 Å². The Morgan fingerprint density at radius 2 is 1.29 bits per heavy atom. The van der Waals surface area contributed by atoms with Gasteiger partial charge in [-0.05, 0) is 74.0 Å². The third kappa shape index (κ3) is 0.857. The topological polar surface area (TPSA) is 0 Å². The lowest BCUT2D eigenvalue weighted by molar-refractivity contribution is -0.0571. The number of fused-ring (bicyclic) bond motifs is 3. The van der Waals surface area contributed by atoms with E-state index in [2.05, 4.69) is 12.2 Å². The van der Waals surface area contributed by atoms with Crippen LogP contribution in [-0.2, 0) is 0 Å². The maximum atomic E-state index is 8.26. The quantitative estimate of drug-likeness (QED) is 0.512. The minimum atomic E-state index is -0.0762. The molecule has 0 aromatic heterocycles. The van der Waals surface area contributed by atoms with Crippen molar-refractivity contribution in [1.29, 1.82) is 0 Å². The van der Waals surface area contributed by atoms with Crippen LogP contribution in [0.1, 0.15) is 41.2 Å². The van der Waals surface area contributed by atoms with E-state index in [1.165, 1.54) is 25.7 Å². The highest BCUT2D eigenvalue weighted by Crippen LogP contribution is 2.60. The van der Waals surface area contributed by atoms with E-state index in [1.807, 2.05) is 0 Å². The second kappa shape index (κ2) is 2.65. The van der Waals surface area contributed by atoms with Crippen molar-refractivity contribution >= 4 is 0 Å². The van der Waals surface area contributed by atoms with Crippen LogP contribution in [0.4, 0.5) is 0 Å². The molecule has 0 N–H and O–H groups in total. The van der Waals surface area contributed by atoms with E-state index in [0.29, 0.717) is 11.8 Å². The standard InChI is InChI=1S/C14H20/c1-2-10-4-3-9(1)13-11-5-7-12(8-6-11)14(10)13/h1-2,9-14H,3-8H2/t9-,10+,11-,12+,13+,14-/i5D,7D/t5-,7+,9-,10+,11+,12-,13+,14-. The fraction of sp³-hybridized carbons (Fsp3) is 0.857. The van der Waals surface area contributed by atoms with Gasteiger partial charge in [-0.15, -0.1) is 0 Å². The fourth-order valence-corrected chi connectivity index (χ4v) is 4.79. The maximum absolute atomic E-state index is 8.26. The summed E-state index contributed by atoms with van der Waals surface area (Å²) in [5.41, 5.74) is 0. The van der Waals surface area contributed by atoms with Gasteiger partial charge in [-0.3, -0.25) is 0 Å². The summed E-state index contributed by atoms with van der Waals surface area (Å²) in [5.74, 6) is 4.20. The molecule has 4 bridgehead atoms. The molecule has 0 aromatic rings. The van der Waals surface area contributed by atoms with Crippen LogP contribution >= 0.6 is 0 Å². The molecule has 6 aliphatic carbocycles. The number of hydrogen-bond donors (Lipinski definition) is 0. The molecule has 0 saturated heterocycles. The SMILES string of the molecule is [2H][C@@H]1[C@H]([2H])[C@@H]2CC[C@H]1[C@H]1[C@@H]2[C@H]2C=C[C@@H]1CC2. The molecule has 0 spiro atoms. The van der Waals surface area contributed by atoms with Gasteiger partial charge in [-0.1, -0.05) is 12.2 Å². The third-order valence-corrected chi connectivity index (χ3v) is 5.30. The molecule has 0 unspecified atom stereocenters. The summed E-state index contributed by atoms with van der Waals surface area (Å²) in [6.07, 6.45) is 9.95. The predicted octanol–water partition coefficient (Wildman–Crippen LogP) is 3.63. The summed E-state index contributed by atoms with van der Waals surface area (Å²) < 4.78 is 16.5. The average molecular weight is 190 g/mol. The average Bonchev–Trinajstić information content (AvgIpc) is 2.36. The van der Waals surface area contributed by atoms with E-state index >= 15 is 0 Å². The first-order chi connectivity index (χ1) is 7.77. The molecule has 0 radical (unpaired) electrons. The normalized spacial score (nSPS) is 71.4. The first-order valence-corrected chi connectivity index (χ1v) is 6.30. The van der Waals surface area contributed by atoms with Crippen LogP contribution < -0.4 is 0 Å². The van der Waals surface area contributed by atoms with Crippen LogP contribution in [0.2, 0.25) is 0 Å². The predicted molar refractivity (Wildman–Crippen MR) is 57.8 cm³/mol. The Morgan fingerprint density at radius 1 is 0.786 bits per heavy atom. The van der Waals surface area contributed by atoms with Gasteiger partial charge in [0.2, 0.25) is 0 Å². The highest BCUT2D eigenvalue weighted by atomic mass is 14.6. The lowest BCUT2D eigenvalue weighted by atomic mass is 9.47. The Morgan fingerprint density at radius 3 is 1.71 bits per heavy atom. The molecule has 4 saturated carbocycles. The summed E-state index contributed by atoms with van der Waals surface area (Å²) >= 11 is 0. The van der Waals surface area contributed by atoms with Crippen LogP contribution in [-0.4, -0.2) is 0 Å². The van der Waals surface area contributed by atoms with Crippen molar-refractivity contribution in [2.24, 2.45) is 35.5 Å². The molecule has 0 aliphatic heterocycles. The van der Waals surface area contributed by atoms with Crippen LogP contribution in [0.3, 0.4) is 0 Å². The van der Waals surface area contributed by atoms with E-state index in [4.69, 9.17) is 2.74 Å². The van der Waals surface area contributed by atoms with Crippen molar-refractivity contribution in [3.63, 3.8) is 0 Å². The lowest BCUT2D eigenvalue weighted by Gasteiger charge is -2.58. The van der Waals surface area contributed by atoms with E-state index in [-0.39, 0.29) is 12.8 Å². The van der Waals surface area contributed by atoms with E-state index in [1.54, 1.807) is 0 Å². The van der Waals surface area contributed by atoms with Gasteiger partial charge in [0.15, 0.2) is 0 Å². The molecule has 0 nitrogen and oxygen atoms in total. The Bertz CT molecular complexity index is 306. The van der Waals surface area contributed by atoms with Crippen LogP contribution in [0.5, 0.6) is 0 Å². The molecule has 14 heavy (non-hydrogen) atoms. The zero-order valence-electron chi connectivity index (χ0n) is 10.6. The second-order valence-corrected chi connectivity index (χ2v) is 5.73. The molecule has 4 fully saturated rings. The third-order valence-electron chi connectivity index (χ3n) is 5.30. The summed E-state index contributed by atoms with van der Waals surface area (Å²) in [5, 5.41) is 0. The zero-order chi connectivity index (χ0) is 10.9. The van der Waals surface area contributed by atoms with Crippen molar-refractivity contribution < 1.29 is 2.74 Å². The van der Waals surface area contributed by atoms with Gasteiger partial charge >= 0.3 is 0 Å². The second-order valence-electron chi connectivity index (χ2n) is 5.73. The van der Waals surface area contributed by atoms with Gasteiger partial charge in [0.1, 0.15) is 0 Å². The molecule has 0 heteroatoms. The van der Waals surface area contributed by atoms with Gasteiger partial charge in [-0.25, -0.2) is 0 Å². The van der Waals surface area contributed by atoms with E-state index in [9.17, 15) is 0 Å². The Balaban J connectivity index is 1.78. The molecule has 8 atom stereocenters.